The van der Waals surface area contributed by atoms with Crippen molar-refractivity contribution >= 4 is 11.6 Å². The van der Waals surface area contributed by atoms with Gasteiger partial charge in [0.15, 0.2) is 11.5 Å². The first-order valence-corrected chi connectivity index (χ1v) is 9.74. The van der Waals surface area contributed by atoms with E-state index in [4.69, 9.17) is 9.47 Å². The summed E-state index contributed by atoms with van der Waals surface area (Å²) in [5, 5.41) is 0. The highest BCUT2D eigenvalue weighted by atomic mass is 16.7. The first-order valence-electron chi connectivity index (χ1n) is 9.74. The molecular weight excluding hydrogens is 354 g/mol. The Labute approximate surface area is 164 Å². The minimum absolute atomic E-state index is 0.0484. The molecule has 6 heteroatoms. The molecule has 0 atom stereocenters. The second kappa shape index (κ2) is 7.54. The molecule has 0 fully saturated rings. The number of benzene rings is 1. The largest absolute Gasteiger partial charge is 0.454 e. The van der Waals surface area contributed by atoms with Crippen LogP contribution in [0.1, 0.15) is 48.3 Å². The van der Waals surface area contributed by atoms with Gasteiger partial charge in [-0.2, -0.15) is 0 Å². The number of pyridine rings is 1. The average molecular weight is 379 g/mol. The Morgan fingerprint density at radius 2 is 1.96 bits per heavy atom. The fourth-order valence-corrected chi connectivity index (χ4v) is 3.67. The van der Waals surface area contributed by atoms with Gasteiger partial charge in [-0.25, -0.2) is 4.98 Å². The summed E-state index contributed by atoms with van der Waals surface area (Å²) in [6.07, 6.45) is 5.53. The van der Waals surface area contributed by atoms with Gasteiger partial charge in [-0.3, -0.25) is 4.79 Å². The molecule has 3 aromatic rings. The number of rotatable bonds is 6. The topological polar surface area (TPSA) is 56.1 Å². The standard InChI is InChI=1S/C22H25N3O3/c1-4-17(5-2)25(12-16-6-7-19-20(11-16)28-14-27-19)22(26)18-13-24-9-8-15(3)10-21(24)23-18/h6-11,13,17H,4-5,12,14H2,1-3H3. The number of fused-ring (bicyclic) bond motifs is 2. The molecule has 6 nitrogen and oxygen atoms in total. The van der Waals surface area contributed by atoms with Crippen molar-refractivity contribution in [2.24, 2.45) is 0 Å². The zero-order valence-corrected chi connectivity index (χ0v) is 16.5. The third-order valence-corrected chi connectivity index (χ3v) is 5.27. The monoisotopic (exact) mass is 379 g/mol. The van der Waals surface area contributed by atoms with E-state index < -0.39 is 0 Å². The minimum atomic E-state index is -0.0484. The van der Waals surface area contributed by atoms with Crippen LogP contribution in [-0.2, 0) is 6.54 Å². The molecule has 0 unspecified atom stereocenters. The number of carbonyl (C=O) groups is 1. The molecule has 1 amide bonds. The Morgan fingerprint density at radius 3 is 2.75 bits per heavy atom. The van der Waals surface area contributed by atoms with Gasteiger partial charge in [0, 0.05) is 25.0 Å². The Morgan fingerprint density at radius 1 is 1.18 bits per heavy atom. The van der Waals surface area contributed by atoms with Crippen molar-refractivity contribution in [3.8, 4) is 11.5 Å². The number of aryl methyl sites for hydroxylation is 1. The zero-order valence-electron chi connectivity index (χ0n) is 16.5. The van der Waals surface area contributed by atoms with E-state index >= 15 is 0 Å². The highest BCUT2D eigenvalue weighted by molar-refractivity contribution is 5.93. The lowest BCUT2D eigenvalue weighted by atomic mass is 10.1. The number of ether oxygens (including phenoxy) is 2. The van der Waals surface area contributed by atoms with Gasteiger partial charge in [-0.05, 0) is 55.2 Å². The maximum absolute atomic E-state index is 13.4. The molecule has 4 rings (SSSR count). The molecule has 2 aromatic heterocycles. The van der Waals surface area contributed by atoms with Gasteiger partial charge in [0.1, 0.15) is 11.3 Å². The molecule has 1 aliphatic heterocycles. The van der Waals surface area contributed by atoms with Crippen LogP contribution < -0.4 is 9.47 Å². The van der Waals surface area contributed by atoms with Gasteiger partial charge in [-0.1, -0.05) is 19.9 Å². The molecule has 0 N–H and O–H groups in total. The van der Waals surface area contributed by atoms with Crippen LogP contribution in [0, 0.1) is 6.92 Å². The number of carbonyl (C=O) groups excluding carboxylic acids is 1. The normalized spacial score (nSPS) is 12.7. The summed E-state index contributed by atoms with van der Waals surface area (Å²) >= 11 is 0. The second-order valence-corrected chi connectivity index (χ2v) is 7.19. The van der Waals surface area contributed by atoms with E-state index in [1.165, 1.54) is 0 Å². The van der Waals surface area contributed by atoms with E-state index in [1.807, 2.05) is 58.9 Å². The van der Waals surface area contributed by atoms with Gasteiger partial charge >= 0.3 is 0 Å². The molecule has 0 radical (unpaired) electrons. The minimum Gasteiger partial charge on any atom is -0.454 e. The zero-order chi connectivity index (χ0) is 19.7. The van der Waals surface area contributed by atoms with Crippen molar-refractivity contribution in [2.75, 3.05) is 6.79 Å². The molecule has 3 heterocycles. The van der Waals surface area contributed by atoms with Gasteiger partial charge in [-0.15, -0.1) is 0 Å². The van der Waals surface area contributed by atoms with Gasteiger partial charge in [0.2, 0.25) is 6.79 Å². The summed E-state index contributed by atoms with van der Waals surface area (Å²) in [5.41, 5.74) is 3.40. The number of hydrogen-bond donors (Lipinski definition) is 0. The van der Waals surface area contributed by atoms with Crippen LogP contribution in [0.25, 0.3) is 5.65 Å². The Bertz CT molecular complexity index is 1010. The van der Waals surface area contributed by atoms with Crippen LogP contribution in [0.4, 0.5) is 0 Å². The molecule has 0 aliphatic carbocycles. The summed E-state index contributed by atoms with van der Waals surface area (Å²) in [7, 11) is 0. The van der Waals surface area contributed by atoms with Crippen LogP contribution >= 0.6 is 0 Å². The van der Waals surface area contributed by atoms with E-state index in [-0.39, 0.29) is 18.7 Å². The summed E-state index contributed by atoms with van der Waals surface area (Å²) in [6.45, 7) is 7.00. The van der Waals surface area contributed by atoms with Crippen molar-refractivity contribution in [1.29, 1.82) is 0 Å². The Hall–Kier alpha value is -3.02. The highest BCUT2D eigenvalue weighted by Crippen LogP contribution is 2.33. The lowest BCUT2D eigenvalue weighted by Crippen LogP contribution is -2.39. The summed E-state index contributed by atoms with van der Waals surface area (Å²) in [6, 6.07) is 9.98. The molecule has 0 spiro atoms. The SMILES string of the molecule is CCC(CC)N(Cc1ccc2c(c1)OCO2)C(=O)c1cn2ccc(C)cc2n1. The smallest absolute Gasteiger partial charge is 0.274 e. The van der Waals surface area contributed by atoms with Crippen molar-refractivity contribution in [2.45, 2.75) is 46.2 Å². The quantitative estimate of drug-likeness (QED) is 0.644. The molecular formula is C22H25N3O3. The number of aromatic nitrogens is 2. The third-order valence-electron chi connectivity index (χ3n) is 5.27. The van der Waals surface area contributed by atoms with E-state index in [2.05, 4.69) is 18.8 Å². The lowest BCUT2D eigenvalue weighted by molar-refractivity contribution is 0.0644. The van der Waals surface area contributed by atoms with Crippen LogP contribution in [0.2, 0.25) is 0 Å². The predicted octanol–water partition coefficient (Wildman–Crippen LogP) is 4.20. The molecule has 146 valence electrons. The molecule has 1 aliphatic rings. The number of amides is 1. The predicted molar refractivity (Wildman–Crippen MR) is 107 cm³/mol. The first kappa shape index (κ1) is 18.3. The van der Waals surface area contributed by atoms with Crippen molar-refractivity contribution in [1.82, 2.24) is 14.3 Å². The third kappa shape index (κ3) is 3.42. The molecule has 28 heavy (non-hydrogen) atoms. The van der Waals surface area contributed by atoms with Crippen molar-refractivity contribution in [3.05, 3.63) is 59.5 Å². The average Bonchev–Trinajstić information content (AvgIpc) is 3.33. The fourth-order valence-electron chi connectivity index (χ4n) is 3.67. The van der Waals surface area contributed by atoms with Crippen molar-refractivity contribution < 1.29 is 14.3 Å². The maximum atomic E-state index is 13.4. The molecule has 0 bridgehead atoms. The van der Waals surface area contributed by atoms with Crippen LogP contribution in [-0.4, -0.2) is 33.0 Å². The number of nitrogens with zero attached hydrogens (tertiary/aromatic N) is 3. The summed E-state index contributed by atoms with van der Waals surface area (Å²) in [5.74, 6) is 1.44. The maximum Gasteiger partial charge on any atom is 0.274 e. The van der Waals surface area contributed by atoms with Crippen LogP contribution in [0.15, 0.2) is 42.7 Å². The summed E-state index contributed by atoms with van der Waals surface area (Å²) < 4.78 is 12.8. The fraction of sp³-hybridized carbons (Fsp3) is 0.364. The van der Waals surface area contributed by atoms with E-state index in [9.17, 15) is 4.79 Å². The Balaban J connectivity index is 1.65. The van der Waals surface area contributed by atoms with E-state index in [0.29, 0.717) is 12.2 Å². The van der Waals surface area contributed by atoms with E-state index in [1.54, 1.807) is 0 Å². The second-order valence-electron chi connectivity index (χ2n) is 7.19. The molecule has 0 saturated heterocycles. The van der Waals surface area contributed by atoms with Crippen LogP contribution in [0.3, 0.4) is 0 Å². The van der Waals surface area contributed by atoms with Crippen molar-refractivity contribution in [3.63, 3.8) is 0 Å². The first-order chi connectivity index (χ1) is 13.6. The van der Waals surface area contributed by atoms with Gasteiger partial charge in [0.25, 0.3) is 5.91 Å². The number of hydrogen-bond acceptors (Lipinski definition) is 4. The molecule has 0 saturated carbocycles. The van der Waals surface area contributed by atoms with E-state index in [0.717, 1.165) is 41.1 Å². The highest BCUT2D eigenvalue weighted by Gasteiger charge is 2.25. The Kier molecular flexibility index (Phi) is 4.94. The molecule has 1 aromatic carbocycles. The summed E-state index contributed by atoms with van der Waals surface area (Å²) in [4.78, 5) is 19.9. The van der Waals surface area contributed by atoms with Gasteiger partial charge in [0.05, 0.1) is 0 Å². The lowest BCUT2D eigenvalue weighted by Gasteiger charge is -2.30. The van der Waals surface area contributed by atoms with Crippen LogP contribution in [0.5, 0.6) is 11.5 Å². The number of imidazole rings is 1. The van der Waals surface area contributed by atoms with Gasteiger partial charge < -0.3 is 18.8 Å².